The molecular formula is C30H34BrN3O3. The molecule has 37 heavy (non-hydrogen) atoms. The Morgan fingerprint density at radius 3 is 2.68 bits per heavy atom. The van der Waals surface area contributed by atoms with Gasteiger partial charge in [-0.15, -0.1) is 0 Å². The van der Waals surface area contributed by atoms with Crippen LogP contribution in [0.2, 0.25) is 0 Å². The molecule has 0 aromatic heterocycles. The number of ketones is 1. The first-order valence-corrected chi connectivity index (χ1v) is 13.5. The molecule has 2 aromatic rings. The van der Waals surface area contributed by atoms with Crippen molar-refractivity contribution in [3.63, 3.8) is 0 Å². The van der Waals surface area contributed by atoms with E-state index in [2.05, 4.69) is 34.2 Å². The molecule has 1 aliphatic carbocycles. The van der Waals surface area contributed by atoms with Gasteiger partial charge in [0.1, 0.15) is 12.4 Å². The number of nitriles is 1. The maximum absolute atomic E-state index is 13.5. The van der Waals surface area contributed by atoms with Crippen molar-refractivity contribution in [3.05, 3.63) is 74.5 Å². The first-order valence-electron chi connectivity index (χ1n) is 12.7. The highest BCUT2D eigenvalue weighted by molar-refractivity contribution is 9.10. The molecule has 2 aliphatic rings. The van der Waals surface area contributed by atoms with Crippen LogP contribution >= 0.6 is 15.9 Å². The minimum atomic E-state index is -0.404. The number of carbonyl (C=O) groups excluding carboxylic acids is 1. The van der Waals surface area contributed by atoms with Crippen LogP contribution in [0.4, 0.5) is 5.69 Å². The van der Waals surface area contributed by atoms with Crippen LogP contribution in [0.1, 0.15) is 56.6 Å². The lowest BCUT2D eigenvalue weighted by Crippen LogP contribution is -2.34. The molecule has 0 spiro atoms. The fourth-order valence-corrected chi connectivity index (χ4v) is 5.95. The van der Waals surface area contributed by atoms with Gasteiger partial charge in [-0.05, 0) is 77.0 Å². The molecule has 0 fully saturated rings. The van der Waals surface area contributed by atoms with Crippen molar-refractivity contribution in [3.8, 4) is 17.6 Å². The Labute approximate surface area is 228 Å². The van der Waals surface area contributed by atoms with Crippen molar-refractivity contribution in [2.45, 2.75) is 52.1 Å². The third-order valence-electron chi connectivity index (χ3n) is 7.11. The number of hydrogen-bond acceptors (Lipinski definition) is 6. The van der Waals surface area contributed by atoms with Gasteiger partial charge in [0.05, 0.1) is 34.8 Å². The van der Waals surface area contributed by atoms with E-state index in [0.717, 1.165) is 63.3 Å². The van der Waals surface area contributed by atoms with Gasteiger partial charge < -0.3 is 19.7 Å². The first kappa shape index (κ1) is 26.8. The monoisotopic (exact) mass is 563 g/mol. The smallest absolute Gasteiger partial charge is 0.161 e. The van der Waals surface area contributed by atoms with Gasteiger partial charge >= 0.3 is 0 Å². The zero-order valence-corrected chi connectivity index (χ0v) is 23.7. The minimum absolute atomic E-state index is 0.137. The summed E-state index contributed by atoms with van der Waals surface area (Å²) in [6.45, 7) is 4.46. The van der Waals surface area contributed by atoms with Crippen molar-refractivity contribution in [2.75, 3.05) is 26.1 Å². The summed E-state index contributed by atoms with van der Waals surface area (Å²) in [6.07, 6.45) is 3.45. The maximum atomic E-state index is 13.5. The second kappa shape index (κ2) is 11.4. The van der Waals surface area contributed by atoms with Gasteiger partial charge in [0.25, 0.3) is 0 Å². The van der Waals surface area contributed by atoms with Crippen molar-refractivity contribution in [1.29, 1.82) is 5.26 Å². The highest BCUT2D eigenvalue weighted by Crippen LogP contribution is 2.47. The molecule has 1 heterocycles. The topological polar surface area (TPSA) is 74.6 Å². The third kappa shape index (κ3) is 5.55. The van der Waals surface area contributed by atoms with E-state index in [1.807, 2.05) is 62.3 Å². The normalized spacial score (nSPS) is 19.2. The average Bonchev–Trinajstić information content (AvgIpc) is 2.87. The van der Waals surface area contributed by atoms with Gasteiger partial charge in [-0.2, -0.15) is 5.26 Å². The molecule has 2 unspecified atom stereocenters. The standard InChI is InChI=1S/C30H34BrN3O3/c1-6-8-19-12-25-29(27(35)13-19)28(23(16-32)18(2)33-25)21-14-24(31)30(26(15-21)34(3)4)37-17-20-9-7-10-22(11-20)36-5/h7,9-11,14-15,19,28,33H,6,8,12-13,17H2,1-5H3. The number of dihydropyridines is 1. The molecular weight excluding hydrogens is 530 g/mol. The number of methoxy groups -OCH3 is 1. The number of rotatable bonds is 8. The van der Waals surface area contributed by atoms with Gasteiger partial charge in [0.15, 0.2) is 11.5 Å². The Morgan fingerprint density at radius 1 is 1.22 bits per heavy atom. The lowest BCUT2D eigenvalue weighted by molar-refractivity contribution is -0.117. The Balaban J connectivity index is 1.75. The largest absolute Gasteiger partial charge is 0.497 e. The molecule has 1 N–H and O–H groups in total. The number of nitrogens with one attached hydrogen (secondary N) is 1. The number of benzene rings is 2. The molecule has 0 saturated carbocycles. The highest BCUT2D eigenvalue weighted by atomic mass is 79.9. The number of Topliss-reactive ketones (excluding diaryl/α,β-unsaturated/α-hetero) is 1. The van der Waals surface area contributed by atoms with E-state index >= 15 is 0 Å². The lowest BCUT2D eigenvalue weighted by atomic mass is 9.72. The average molecular weight is 565 g/mol. The van der Waals surface area contributed by atoms with Crippen LogP contribution in [0.5, 0.6) is 11.5 Å². The fraction of sp³-hybridized carbons (Fsp3) is 0.400. The summed E-state index contributed by atoms with van der Waals surface area (Å²) in [5.41, 5.74) is 5.87. The Hall–Kier alpha value is -3.24. The van der Waals surface area contributed by atoms with Crippen LogP contribution < -0.4 is 19.7 Å². The summed E-state index contributed by atoms with van der Waals surface area (Å²) in [5.74, 6) is 1.56. The van der Waals surface area contributed by atoms with E-state index in [9.17, 15) is 10.1 Å². The number of hydrogen-bond donors (Lipinski definition) is 1. The first-order chi connectivity index (χ1) is 17.8. The molecule has 0 amide bonds. The number of ether oxygens (including phenoxy) is 2. The summed E-state index contributed by atoms with van der Waals surface area (Å²) in [7, 11) is 5.57. The van der Waals surface area contributed by atoms with Crippen LogP contribution in [-0.2, 0) is 11.4 Å². The second-order valence-corrected chi connectivity index (χ2v) is 10.8. The molecule has 4 rings (SSSR count). The second-order valence-electron chi connectivity index (χ2n) is 9.97. The summed E-state index contributed by atoms with van der Waals surface area (Å²) >= 11 is 3.73. The summed E-state index contributed by atoms with van der Waals surface area (Å²) in [4.78, 5) is 15.5. The molecule has 6 nitrogen and oxygen atoms in total. The fourth-order valence-electron chi connectivity index (χ4n) is 5.37. The van der Waals surface area contributed by atoms with E-state index in [1.165, 1.54) is 0 Å². The maximum Gasteiger partial charge on any atom is 0.161 e. The van der Waals surface area contributed by atoms with Crippen molar-refractivity contribution < 1.29 is 14.3 Å². The van der Waals surface area contributed by atoms with Crippen LogP contribution in [0.3, 0.4) is 0 Å². The summed E-state index contributed by atoms with van der Waals surface area (Å²) in [6, 6.07) is 14.2. The Kier molecular flexibility index (Phi) is 8.29. The molecule has 0 bridgehead atoms. The molecule has 0 radical (unpaired) electrons. The summed E-state index contributed by atoms with van der Waals surface area (Å²) < 4.78 is 12.4. The van der Waals surface area contributed by atoms with Gasteiger partial charge in [0, 0.05) is 37.5 Å². The van der Waals surface area contributed by atoms with Crippen LogP contribution in [0.25, 0.3) is 0 Å². The van der Waals surface area contributed by atoms with E-state index in [0.29, 0.717) is 30.3 Å². The quantitative estimate of drug-likeness (QED) is 0.389. The van der Waals surface area contributed by atoms with Gasteiger partial charge in [-0.1, -0.05) is 25.5 Å². The SMILES string of the molecule is CCCC1CC(=O)C2=C(C1)NC(C)=C(C#N)C2c1cc(Br)c(OCc2cccc(OC)c2)c(N(C)C)c1. The Morgan fingerprint density at radius 2 is 2.00 bits per heavy atom. The van der Waals surface area contributed by atoms with Crippen molar-refractivity contribution in [2.24, 2.45) is 5.92 Å². The molecule has 2 atom stereocenters. The highest BCUT2D eigenvalue weighted by Gasteiger charge is 2.39. The number of nitrogens with zero attached hydrogens (tertiary/aromatic N) is 2. The van der Waals surface area contributed by atoms with Crippen LogP contribution in [-0.4, -0.2) is 27.0 Å². The van der Waals surface area contributed by atoms with E-state index in [1.54, 1.807) is 7.11 Å². The van der Waals surface area contributed by atoms with Gasteiger partial charge in [0.2, 0.25) is 0 Å². The number of carbonyl (C=O) groups is 1. The third-order valence-corrected chi connectivity index (χ3v) is 7.70. The van der Waals surface area contributed by atoms with Crippen molar-refractivity contribution >= 4 is 27.4 Å². The van der Waals surface area contributed by atoms with Crippen LogP contribution in [0.15, 0.2) is 63.4 Å². The van der Waals surface area contributed by atoms with Gasteiger partial charge in [-0.25, -0.2) is 0 Å². The predicted molar refractivity (Wildman–Crippen MR) is 150 cm³/mol. The molecule has 7 heteroatoms. The van der Waals surface area contributed by atoms with E-state index in [4.69, 9.17) is 9.47 Å². The zero-order valence-electron chi connectivity index (χ0n) is 22.2. The van der Waals surface area contributed by atoms with Crippen molar-refractivity contribution in [1.82, 2.24) is 5.32 Å². The molecule has 0 saturated heterocycles. The predicted octanol–water partition coefficient (Wildman–Crippen LogP) is 6.62. The number of anilines is 1. The van der Waals surface area contributed by atoms with E-state index in [-0.39, 0.29) is 5.78 Å². The number of halogens is 1. The lowest BCUT2D eigenvalue weighted by Gasteiger charge is -2.36. The number of allylic oxidation sites excluding steroid dienone is 4. The van der Waals surface area contributed by atoms with Crippen LogP contribution in [0, 0.1) is 17.2 Å². The molecule has 1 aliphatic heterocycles. The molecule has 2 aromatic carbocycles. The molecule has 194 valence electrons. The summed E-state index contributed by atoms with van der Waals surface area (Å²) in [5, 5.41) is 13.5. The Bertz CT molecular complexity index is 1310. The van der Waals surface area contributed by atoms with Gasteiger partial charge in [-0.3, -0.25) is 4.79 Å². The minimum Gasteiger partial charge on any atom is -0.497 e. The zero-order chi connectivity index (χ0) is 26.7. The van der Waals surface area contributed by atoms with E-state index < -0.39 is 5.92 Å².